The predicted molar refractivity (Wildman–Crippen MR) is 101 cm³/mol. The number of thioether (sulfide) groups is 1. The number of pyridine rings is 1. The monoisotopic (exact) mass is 368 g/mol. The first-order chi connectivity index (χ1) is 12.7. The van der Waals surface area contributed by atoms with Crippen molar-refractivity contribution in [1.82, 2.24) is 9.88 Å². The van der Waals surface area contributed by atoms with Gasteiger partial charge in [-0.25, -0.2) is 4.98 Å². The van der Waals surface area contributed by atoms with Gasteiger partial charge in [0.05, 0.1) is 12.9 Å². The lowest BCUT2D eigenvalue weighted by atomic mass is 10.2. The van der Waals surface area contributed by atoms with Gasteiger partial charge in [0.25, 0.3) is 0 Å². The summed E-state index contributed by atoms with van der Waals surface area (Å²) in [5.74, 6) is 0.811. The Morgan fingerprint density at radius 2 is 1.96 bits per heavy atom. The quantitative estimate of drug-likeness (QED) is 0.755. The number of carbonyl (C=O) groups excluding carboxylic acids is 1. The van der Waals surface area contributed by atoms with E-state index in [4.69, 9.17) is 4.74 Å². The third-order valence-electron chi connectivity index (χ3n) is 4.30. The van der Waals surface area contributed by atoms with E-state index >= 15 is 0 Å². The first kappa shape index (κ1) is 18.1. The number of nitriles is 1. The lowest BCUT2D eigenvalue weighted by Crippen LogP contribution is -2.49. The third kappa shape index (κ3) is 4.09. The molecule has 1 aromatic carbocycles. The molecule has 0 N–H and O–H groups in total. The number of ether oxygens (including phenoxy) is 1. The summed E-state index contributed by atoms with van der Waals surface area (Å²) in [5, 5.41) is 9.83. The zero-order valence-electron chi connectivity index (χ0n) is 14.6. The zero-order chi connectivity index (χ0) is 18.4. The minimum atomic E-state index is 0.0659. The van der Waals surface area contributed by atoms with Crippen LogP contribution in [0.4, 0.5) is 5.69 Å². The Bertz CT molecular complexity index is 799. The molecule has 26 heavy (non-hydrogen) atoms. The van der Waals surface area contributed by atoms with E-state index in [0.717, 1.165) is 13.1 Å². The van der Waals surface area contributed by atoms with Gasteiger partial charge in [-0.05, 0) is 18.2 Å². The van der Waals surface area contributed by atoms with Gasteiger partial charge in [-0.3, -0.25) is 4.79 Å². The SMILES string of the molecule is COc1ccnc(SCC(=O)N2CCN(c3ccccc3)CC2)c1C#N. The highest BCUT2D eigenvalue weighted by Crippen LogP contribution is 2.27. The van der Waals surface area contributed by atoms with Crippen molar-refractivity contribution in [2.24, 2.45) is 0 Å². The van der Waals surface area contributed by atoms with Crippen LogP contribution in [0.2, 0.25) is 0 Å². The number of hydrogen-bond acceptors (Lipinski definition) is 6. The molecule has 1 amide bonds. The van der Waals surface area contributed by atoms with Gasteiger partial charge in [-0.1, -0.05) is 30.0 Å². The normalized spacial score (nSPS) is 14.0. The average Bonchev–Trinajstić information content (AvgIpc) is 2.72. The number of benzene rings is 1. The van der Waals surface area contributed by atoms with Gasteiger partial charge in [0, 0.05) is 38.1 Å². The van der Waals surface area contributed by atoms with E-state index in [0.29, 0.717) is 29.4 Å². The Balaban J connectivity index is 1.55. The van der Waals surface area contributed by atoms with Crippen molar-refractivity contribution < 1.29 is 9.53 Å². The minimum absolute atomic E-state index is 0.0659. The second kappa shape index (κ2) is 8.59. The largest absolute Gasteiger partial charge is 0.495 e. The molecule has 0 unspecified atom stereocenters. The molecule has 1 aliphatic rings. The molecule has 2 aromatic rings. The Morgan fingerprint density at radius 1 is 1.23 bits per heavy atom. The number of hydrogen-bond donors (Lipinski definition) is 0. The van der Waals surface area contributed by atoms with Gasteiger partial charge in [0.15, 0.2) is 0 Å². The van der Waals surface area contributed by atoms with Gasteiger partial charge in [-0.15, -0.1) is 0 Å². The number of methoxy groups -OCH3 is 1. The van der Waals surface area contributed by atoms with Crippen LogP contribution >= 0.6 is 11.8 Å². The molecule has 7 heteroatoms. The Morgan fingerprint density at radius 3 is 2.62 bits per heavy atom. The summed E-state index contributed by atoms with van der Waals surface area (Å²) in [5.41, 5.74) is 1.56. The topological polar surface area (TPSA) is 69.5 Å². The molecule has 134 valence electrons. The Hall–Kier alpha value is -2.72. The molecule has 0 spiro atoms. The van der Waals surface area contributed by atoms with Gasteiger partial charge < -0.3 is 14.5 Å². The van der Waals surface area contributed by atoms with Crippen LogP contribution in [0.25, 0.3) is 0 Å². The smallest absolute Gasteiger partial charge is 0.233 e. The van der Waals surface area contributed by atoms with Gasteiger partial charge in [-0.2, -0.15) is 5.26 Å². The molecule has 0 bridgehead atoms. The van der Waals surface area contributed by atoms with Gasteiger partial charge in [0.1, 0.15) is 22.4 Å². The molecular weight excluding hydrogens is 348 g/mol. The van der Waals surface area contributed by atoms with E-state index in [9.17, 15) is 10.1 Å². The maximum Gasteiger partial charge on any atom is 0.233 e. The summed E-state index contributed by atoms with van der Waals surface area (Å²) in [6, 6.07) is 14.0. The standard InChI is InChI=1S/C19H20N4O2S/c1-25-17-7-8-21-19(16(17)13-20)26-14-18(24)23-11-9-22(10-12-23)15-5-3-2-4-6-15/h2-8H,9-12,14H2,1H3. The Labute approximate surface area is 157 Å². The van der Waals surface area contributed by atoms with Crippen molar-refractivity contribution in [1.29, 1.82) is 5.26 Å². The third-order valence-corrected chi connectivity index (χ3v) is 5.27. The predicted octanol–water partition coefficient (Wildman–Crippen LogP) is 2.40. The number of para-hydroxylation sites is 1. The zero-order valence-corrected chi connectivity index (χ0v) is 15.4. The molecule has 0 atom stereocenters. The fourth-order valence-corrected chi connectivity index (χ4v) is 3.75. The van der Waals surface area contributed by atoms with Crippen LogP contribution in [0.1, 0.15) is 5.56 Å². The van der Waals surface area contributed by atoms with Crippen LogP contribution in [0.15, 0.2) is 47.6 Å². The summed E-state index contributed by atoms with van der Waals surface area (Å²) < 4.78 is 5.18. The summed E-state index contributed by atoms with van der Waals surface area (Å²) in [4.78, 5) is 20.9. The summed E-state index contributed by atoms with van der Waals surface area (Å²) in [6.07, 6.45) is 1.59. The van der Waals surface area contributed by atoms with Crippen LogP contribution in [-0.4, -0.2) is 54.8 Å². The highest BCUT2D eigenvalue weighted by Gasteiger charge is 2.22. The summed E-state index contributed by atoms with van der Waals surface area (Å²) in [6.45, 7) is 3.04. The first-order valence-electron chi connectivity index (χ1n) is 8.36. The maximum atomic E-state index is 12.5. The Kier molecular flexibility index (Phi) is 5.97. The number of rotatable bonds is 5. The highest BCUT2D eigenvalue weighted by molar-refractivity contribution is 8.00. The van der Waals surface area contributed by atoms with Crippen LogP contribution < -0.4 is 9.64 Å². The number of nitrogens with zero attached hydrogens (tertiary/aromatic N) is 4. The van der Waals surface area contributed by atoms with E-state index in [-0.39, 0.29) is 11.7 Å². The molecule has 3 rings (SSSR count). The molecule has 1 fully saturated rings. The average molecular weight is 368 g/mol. The van der Waals surface area contributed by atoms with Crippen molar-refractivity contribution in [2.45, 2.75) is 5.03 Å². The summed E-state index contributed by atoms with van der Waals surface area (Å²) in [7, 11) is 1.52. The number of carbonyl (C=O) groups is 1. The molecule has 6 nitrogen and oxygen atoms in total. The van der Waals surface area contributed by atoms with Crippen LogP contribution in [-0.2, 0) is 4.79 Å². The second-order valence-corrected chi connectivity index (χ2v) is 6.76. The first-order valence-corrected chi connectivity index (χ1v) is 9.35. The van der Waals surface area contributed by atoms with Crippen molar-refractivity contribution in [2.75, 3.05) is 43.9 Å². The fraction of sp³-hybridized carbons (Fsp3) is 0.316. The molecule has 0 saturated carbocycles. The highest BCUT2D eigenvalue weighted by atomic mass is 32.2. The summed E-state index contributed by atoms with van der Waals surface area (Å²) >= 11 is 1.28. The fourth-order valence-electron chi connectivity index (χ4n) is 2.88. The molecule has 1 aromatic heterocycles. The van der Waals surface area contributed by atoms with E-state index < -0.39 is 0 Å². The van der Waals surface area contributed by atoms with E-state index in [2.05, 4.69) is 28.1 Å². The number of aromatic nitrogens is 1. The lowest BCUT2D eigenvalue weighted by molar-refractivity contribution is -0.128. The van der Waals surface area contributed by atoms with Crippen molar-refractivity contribution in [3.05, 3.63) is 48.2 Å². The van der Waals surface area contributed by atoms with E-state index in [1.54, 1.807) is 12.3 Å². The molecule has 1 aliphatic heterocycles. The number of anilines is 1. The molecule has 0 aliphatic carbocycles. The van der Waals surface area contributed by atoms with Crippen LogP contribution in [0, 0.1) is 11.3 Å². The van der Waals surface area contributed by atoms with Gasteiger partial charge in [0.2, 0.25) is 5.91 Å². The van der Waals surface area contributed by atoms with Gasteiger partial charge >= 0.3 is 0 Å². The van der Waals surface area contributed by atoms with Crippen molar-refractivity contribution in [3.63, 3.8) is 0 Å². The second-order valence-electron chi connectivity index (χ2n) is 5.80. The molecular formula is C19H20N4O2S. The van der Waals surface area contributed by atoms with E-state index in [1.165, 1.54) is 24.6 Å². The number of piperazine rings is 1. The van der Waals surface area contributed by atoms with Crippen LogP contribution in [0.3, 0.4) is 0 Å². The number of amides is 1. The minimum Gasteiger partial charge on any atom is -0.495 e. The van der Waals surface area contributed by atoms with Crippen molar-refractivity contribution in [3.8, 4) is 11.8 Å². The molecule has 2 heterocycles. The maximum absolute atomic E-state index is 12.5. The van der Waals surface area contributed by atoms with Crippen LogP contribution in [0.5, 0.6) is 5.75 Å². The lowest BCUT2D eigenvalue weighted by Gasteiger charge is -2.36. The molecule has 1 saturated heterocycles. The van der Waals surface area contributed by atoms with Crippen molar-refractivity contribution >= 4 is 23.4 Å². The van der Waals surface area contributed by atoms with E-state index in [1.807, 2.05) is 23.1 Å². The molecule has 0 radical (unpaired) electrons.